The van der Waals surface area contributed by atoms with Gasteiger partial charge in [-0.25, -0.2) is 0 Å². The minimum atomic E-state index is -0.211. The summed E-state index contributed by atoms with van der Waals surface area (Å²) < 4.78 is 5.18. The van der Waals surface area contributed by atoms with Crippen LogP contribution in [0.2, 0.25) is 5.02 Å². The Bertz CT molecular complexity index is 867. The van der Waals surface area contributed by atoms with Gasteiger partial charge in [-0.1, -0.05) is 23.7 Å². The van der Waals surface area contributed by atoms with Crippen molar-refractivity contribution in [1.29, 1.82) is 0 Å². The van der Waals surface area contributed by atoms with E-state index in [0.29, 0.717) is 55.6 Å². The minimum absolute atomic E-state index is 0. The number of nitrogens with one attached hydrogen (secondary N) is 2. The smallest absolute Gasteiger partial charge is 0.289 e. The average molecular weight is 546 g/mol. The number of amides is 2. The molecular formula is C20H25ClIN5O3. The van der Waals surface area contributed by atoms with Crippen LogP contribution in [0.1, 0.15) is 20.9 Å². The van der Waals surface area contributed by atoms with Crippen molar-refractivity contribution in [2.75, 3.05) is 46.3 Å². The number of benzene rings is 1. The normalized spacial score (nSPS) is 14.1. The van der Waals surface area contributed by atoms with Gasteiger partial charge >= 0.3 is 0 Å². The van der Waals surface area contributed by atoms with E-state index in [1.807, 2.05) is 0 Å². The largest absolute Gasteiger partial charge is 0.459 e. The Morgan fingerprint density at radius 3 is 2.33 bits per heavy atom. The molecule has 2 aromatic rings. The summed E-state index contributed by atoms with van der Waals surface area (Å²) in [5.41, 5.74) is 0.455. The summed E-state index contributed by atoms with van der Waals surface area (Å²) in [5.74, 6) is 0.787. The lowest BCUT2D eigenvalue weighted by Crippen LogP contribution is -2.54. The van der Waals surface area contributed by atoms with E-state index in [-0.39, 0.29) is 35.8 Å². The highest BCUT2D eigenvalue weighted by atomic mass is 127. The minimum Gasteiger partial charge on any atom is -0.459 e. The van der Waals surface area contributed by atoms with Crippen LogP contribution >= 0.6 is 35.6 Å². The summed E-state index contributed by atoms with van der Waals surface area (Å²) in [6.45, 7) is 3.46. The Kier molecular flexibility index (Phi) is 9.44. The monoisotopic (exact) mass is 545 g/mol. The Morgan fingerprint density at radius 2 is 1.70 bits per heavy atom. The Morgan fingerprint density at radius 1 is 1.03 bits per heavy atom. The fraction of sp³-hybridized carbons (Fsp3) is 0.350. The van der Waals surface area contributed by atoms with E-state index in [1.54, 1.807) is 48.3 Å². The lowest BCUT2D eigenvalue weighted by molar-refractivity contribution is 0.0657. The molecule has 1 fully saturated rings. The maximum Gasteiger partial charge on any atom is 0.289 e. The van der Waals surface area contributed by atoms with E-state index >= 15 is 0 Å². The second-order valence-electron chi connectivity index (χ2n) is 6.47. The molecule has 1 aliphatic heterocycles. The van der Waals surface area contributed by atoms with Crippen LogP contribution < -0.4 is 10.6 Å². The maximum atomic E-state index is 12.3. The van der Waals surface area contributed by atoms with Gasteiger partial charge in [0.15, 0.2) is 11.7 Å². The highest BCUT2D eigenvalue weighted by Gasteiger charge is 2.25. The van der Waals surface area contributed by atoms with E-state index < -0.39 is 0 Å². The number of guanidine groups is 1. The molecule has 8 nitrogen and oxygen atoms in total. The molecule has 0 bridgehead atoms. The number of hydrogen-bond acceptors (Lipinski definition) is 4. The second kappa shape index (κ2) is 11.8. The first kappa shape index (κ1) is 24.0. The van der Waals surface area contributed by atoms with Crippen LogP contribution in [-0.4, -0.2) is 73.9 Å². The van der Waals surface area contributed by atoms with Crippen LogP contribution in [-0.2, 0) is 0 Å². The zero-order valence-corrected chi connectivity index (χ0v) is 19.7. The third kappa shape index (κ3) is 6.11. The summed E-state index contributed by atoms with van der Waals surface area (Å²) in [5, 5.41) is 6.50. The number of halogens is 2. The summed E-state index contributed by atoms with van der Waals surface area (Å²) in [7, 11) is 1.71. The Labute approximate surface area is 197 Å². The fourth-order valence-electron chi connectivity index (χ4n) is 3.10. The van der Waals surface area contributed by atoms with Crippen LogP contribution in [0.5, 0.6) is 0 Å². The van der Waals surface area contributed by atoms with Crippen LogP contribution in [0.3, 0.4) is 0 Å². The third-order valence-corrected chi connectivity index (χ3v) is 4.95. The van der Waals surface area contributed by atoms with Crippen LogP contribution in [0.4, 0.5) is 0 Å². The Balaban J connectivity index is 0.00000320. The number of rotatable bonds is 5. The zero-order chi connectivity index (χ0) is 20.6. The molecule has 0 aliphatic carbocycles. The molecule has 0 radical (unpaired) electrons. The van der Waals surface area contributed by atoms with Crippen molar-refractivity contribution >= 4 is 53.4 Å². The quantitative estimate of drug-likeness (QED) is 0.261. The second-order valence-corrected chi connectivity index (χ2v) is 6.87. The van der Waals surface area contributed by atoms with E-state index in [9.17, 15) is 9.59 Å². The Hall–Kier alpha value is -2.27. The first-order valence-electron chi connectivity index (χ1n) is 9.41. The average Bonchev–Trinajstić information content (AvgIpc) is 3.28. The fourth-order valence-corrected chi connectivity index (χ4v) is 3.32. The number of carbonyl (C=O) groups excluding carboxylic acids is 2. The van der Waals surface area contributed by atoms with E-state index in [1.165, 1.54) is 6.26 Å². The van der Waals surface area contributed by atoms with Crippen molar-refractivity contribution in [1.82, 2.24) is 20.4 Å². The van der Waals surface area contributed by atoms with Gasteiger partial charge in [0.05, 0.1) is 16.8 Å². The number of furan rings is 1. The van der Waals surface area contributed by atoms with Crippen molar-refractivity contribution < 1.29 is 14.0 Å². The molecule has 1 aromatic heterocycles. The molecule has 1 aliphatic rings. The molecule has 2 heterocycles. The van der Waals surface area contributed by atoms with Gasteiger partial charge in [0, 0.05) is 46.3 Å². The number of aliphatic imine (C=N–C) groups is 1. The summed E-state index contributed by atoms with van der Waals surface area (Å²) >= 11 is 6.04. The van der Waals surface area contributed by atoms with Crippen molar-refractivity contribution in [3.63, 3.8) is 0 Å². The molecule has 162 valence electrons. The van der Waals surface area contributed by atoms with Crippen molar-refractivity contribution in [3.05, 3.63) is 59.0 Å². The molecule has 3 rings (SSSR count). The lowest BCUT2D eigenvalue weighted by Gasteiger charge is -2.36. The van der Waals surface area contributed by atoms with Gasteiger partial charge in [-0.2, -0.15) is 0 Å². The summed E-state index contributed by atoms with van der Waals surface area (Å²) in [4.78, 5) is 32.7. The van der Waals surface area contributed by atoms with E-state index in [2.05, 4.69) is 20.5 Å². The van der Waals surface area contributed by atoms with Gasteiger partial charge in [0.2, 0.25) is 0 Å². The molecular weight excluding hydrogens is 521 g/mol. The van der Waals surface area contributed by atoms with Gasteiger partial charge in [-0.15, -0.1) is 24.0 Å². The first-order chi connectivity index (χ1) is 14.1. The molecule has 1 saturated heterocycles. The van der Waals surface area contributed by atoms with Crippen LogP contribution in [0.25, 0.3) is 0 Å². The molecule has 0 saturated carbocycles. The van der Waals surface area contributed by atoms with E-state index in [4.69, 9.17) is 16.0 Å². The molecule has 2 amide bonds. The number of carbonyl (C=O) groups is 2. The van der Waals surface area contributed by atoms with Crippen molar-refractivity contribution in [3.8, 4) is 0 Å². The number of nitrogens with zero attached hydrogens (tertiary/aromatic N) is 3. The molecule has 0 atom stereocenters. The van der Waals surface area contributed by atoms with Crippen molar-refractivity contribution in [2.45, 2.75) is 0 Å². The van der Waals surface area contributed by atoms with E-state index in [0.717, 1.165) is 5.96 Å². The molecule has 10 heteroatoms. The summed E-state index contributed by atoms with van der Waals surface area (Å²) in [6.07, 6.45) is 1.50. The molecule has 30 heavy (non-hydrogen) atoms. The van der Waals surface area contributed by atoms with Gasteiger partial charge in [-0.3, -0.25) is 14.6 Å². The molecule has 0 unspecified atom stereocenters. The van der Waals surface area contributed by atoms with Gasteiger partial charge < -0.3 is 24.9 Å². The highest BCUT2D eigenvalue weighted by Crippen LogP contribution is 2.14. The molecule has 1 aromatic carbocycles. The number of piperazine rings is 1. The lowest BCUT2D eigenvalue weighted by atomic mass is 10.2. The predicted octanol–water partition coefficient (Wildman–Crippen LogP) is 2.31. The van der Waals surface area contributed by atoms with Crippen LogP contribution in [0.15, 0.2) is 52.1 Å². The van der Waals surface area contributed by atoms with Gasteiger partial charge in [0.1, 0.15) is 0 Å². The first-order valence-corrected chi connectivity index (χ1v) is 9.79. The van der Waals surface area contributed by atoms with Crippen molar-refractivity contribution in [2.24, 2.45) is 4.99 Å². The summed E-state index contributed by atoms with van der Waals surface area (Å²) in [6, 6.07) is 10.3. The molecule has 0 spiro atoms. The molecule has 2 N–H and O–H groups in total. The predicted molar refractivity (Wildman–Crippen MR) is 127 cm³/mol. The third-order valence-electron chi connectivity index (χ3n) is 4.62. The van der Waals surface area contributed by atoms with Gasteiger partial charge in [0.25, 0.3) is 11.8 Å². The number of hydrogen-bond donors (Lipinski definition) is 2. The van der Waals surface area contributed by atoms with Crippen LogP contribution in [0, 0.1) is 0 Å². The van der Waals surface area contributed by atoms with Gasteiger partial charge in [-0.05, 0) is 24.3 Å². The topological polar surface area (TPSA) is 90.2 Å². The highest BCUT2D eigenvalue weighted by molar-refractivity contribution is 14.0. The zero-order valence-electron chi connectivity index (χ0n) is 16.6. The standard InChI is InChI=1S/C20H24ClN5O3.HI/c1-22-20(24-9-8-23-18(27)15-5-2-3-6-16(15)21)26-12-10-25(11-13-26)19(28)17-7-4-14-29-17;/h2-7,14H,8-13H2,1H3,(H,22,24)(H,23,27);1H. The maximum absolute atomic E-state index is 12.3. The SMILES string of the molecule is CN=C(NCCNC(=O)c1ccccc1Cl)N1CCN(C(=O)c2ccco2)CC1.I.